The van der Waals surface area contributed by atoms with E-state index in [0.717, 1.165) is 18.0 Å². The predicted molar refractivity (Wildman–Crippen MR) is 86.6 cm³/mol. The third kappa shape index (κ3) is 3.59. The highest BCUT2D eigenvalue weighted by molar-refractivity contribution is 7.91. The lowest BCUT2D eigenvalue weighted by atomic mass is 10.2. The second-order valence-corrected chi connectivity index (χ2v) is 9.05. The monoisotopic (exact) mass is 340 g/mol. The van der Waals surface area contributed by atoms with Crippen molar-refractivity contribution in [2.75, 3.05) is 11.5 Å². The molecule has 1 saturated heterocycles. The number of hydrogen-bond donors (Lipinski definition) is 0. The Labute approximate surface area is 134 Å². The Bertz CT molecular complexity index is 715. The summed E-state index contributed by atoms with van der Waals surface area (Å²) < 4.78 is 29.3. The lowest BCUT2D eigenvalue weighted by Crippen LogP contribution is -2.35. The minimum Gasteiger partial charge on any atom is -0.444 e. The molecule has 3 heterocycles. The van der Waals surface area contributed by atoms with Gasteiger partial charge in [-0.1, -0.05) is 6.07 Å². The molecule has 1 aliphatic rings. The molecule has 120 valence electrons. The van der Waals surface area contributed by atoms with Gasteiger partial charge in [-0.25, -0.2) is 13.4 Å². The zero-order chi connectivity index (χ0) is 15.7. The Morgan fingerprint density at radius 3 is 2.77 bits per heavy atom. The van der Waals surface area contributed by atoms with Gasteiger partial charge in [0.2, 0.25) is 5.89 Å². The highest BCUT2D eigenvalue weighted by Crippen LogP contribution is 2.24. The molecule has 0 aromatic carbocycles. The quantitative estimate of drug-likeness (QED) is 0.837. The van der Waals surface area contributed by atoms with Gasteiger partial charge in [-0.3, -0.25) is 4.90 Å². The molecule has 1 atom stereocenters. The lowest BCUT2D eigenvalue weighted by molar-refractivity contribution is 0.176. The van der Waals surface area contributed by atoms with Gasteiger partial charge in [-0.2, -0.15) is 0 Å². The Balaban J connectivity index is 1.79. The summed E-state index contributed by atoms with van der Waals surface area (Å²) in [4.78, 5) is 7.84. The molecule has 0 bridgehead atoms. The van der Waals surface area contributed by atoms with Crippen molar-refractivity contribution < 1.29 is 12.8 Å². The van der Waals surface area contributed by atoms with E-state index in [1.807, 2.05) is 25.3 Å². The first-order valence-corrected chi connectivity index (χ1v) is 10.0. The van der Waals surface area contributed by atoms with Gasteiger partial charge in [0.15, 0.2) is 9.84 Å². The van der Waals surface area contributed by atoms with E-state index >= 15 is 0 Å². The summed E-state index contributed by atoms with van der Waals surface area (Å²) in [6.07, 6.45) is 0.687. The van der Waals surface area contributed by atoms with Crippen molar-refractivity contribution in [1.82, 2.24) is 9.88 Å². The zero-order valence-electron chi connectivity index (χ0n) is 12.8. The van der Waals surface area contributed by atoms with Crippen LogP contribution in [0.15, 0.2) is 21.9 Å². The van der Waals surface area contributed by atoms with E-state index in [1.54, 1.807) is 11.3 Å². The number of rotatable bonds is 5. The zero-order valence-corrected chi connectivity index (χ0v) is 14.4. The molecule has 22 heavy (non-hydrogen) atoms. The highest BCUT2D eigenvalue weighted by Gasteiger charge is 2.33. The molecule has 7 heteroatoms. The average molecular weight is 340 g/mol. The van der Waals surface area contributed by atoms with Gasteiger partial charge < -0.3 is 4.42 Å². The van der Waals surface area contributed by atoms with Crippen molar-refractivity contribution in [1.29, 1.82) is 0 Å². The highest BCUT2D eigenvalue weighted by atomic mass is 32.2. The van der Waals surface area contributed by atoms with Gasteiger partial charge in [0, 0.05) is 17.5 Å². The summed E-state index contributed by atoms with van der Waals surface area (Å²) in [6.45, 7) is 5.10. The van der Waals surface area contributed by atoms with E-state index in [4.69, 9.17) is 4.42 Å². The van der Waals surface area contributed by atoms with Crippen LogP contribution >= 0.6 is 11.3 Å². The molecular weight excluding hydrogens is 320 g/mol. The molecule has 0 N–H and O–H groups in total. The van der Waals surface area contributed by atoms with Crippen LogP contribution in [-0.4, -0.2) is 35.8 Å². The summed E-state index contributed by atoms with van der Waals surface area (Å²) in [5.41, 5.74) is 0.894. The van der Waals surface area contributed by atoms with Crippen molar-refractivity contribution in [3.05, 3.63) is 39.7 Å². The molecule has 1 fully saturated rings. The van der Waals surface area contributed by atoms with Crippen LogP contribution in [0.1, 0.15) is 28.6 Å². The smallest absolute Gasteiger partial charge is 0.208 e. The van der Waals surface area contributed by atoms with Crippen LogP contribution in [0.5, 0.6) is 0 Å². The number of sulfone groups is 1. The standard InChI is InChI=1S/C15H20N2O3S2/c1-11-12(2)20-15(16-11)9-17(8-14-4-3-6-21-14)13-5-7-22(18,19)10-13/h3-4,6,13H,5,7-10H2,1-2H3/t13-/m1/s1. The lowest BCUT2D eigenvalue weighted by Gasteiger charge is -2.26. The Hall–Kier alpha value is -1.18. The van der Waals surface area contributed by atoms with Crippen LogP contribution < -0.4 is 0 Å². The number of hydrogen-bond acceptors (Lipinski definition) is 6. The molecular formula is C15H20N2O3S2. The maximum atomic E-state index is 11.8. The summed E-state index contributed by atoms with van der Waals surface area (Å²) in [5, 5.41) is 2.04. The molecule has 3 rings (SSSR count). The van der Waals surface area contributed by atoms with E-state index in [0.29, 0.717) is 18.9 Å². The summed E-state index contributed by atoms with van der Waals surface area (Å²) in [6, 6.07) is 4.13. The largest absolute Gasteiger partial charge is 0.444 e. The van der Waals surface area contributed by atoms with E-state index in [-0.39, 0.29) is 17.5 Å². The van der Waals surface area contributed by atoms with Gasteiger partial charge in [0.1, 0.15) is 5.76 Å². The summed E-state index contributed by atoms with van der Waals surface area (Å²) in [5.74, 6) is 2.00. The van der Waals surface area contributed by atoms with Gasteiger partial charge in [-0.15, -0.1) is 11.3 Å². The first-order chi connectivity index (χ1) is 10.4. The van der Waals surface area contributed by atoms with Crippen molar-refractivity contribution >= 4 is 21.2 Å². The number of aromatic nitrogens is 1. The van der Waals surface area contributed by atoms with Gasteiger partial charge in [0.05, 0.1) is 23.7 Å². The van der Waals surface area contributed by atoms with E-state index < -0.39 is 9.84 Å². The van der Waals surface area contributed by atoms with Crippen LogP contribution in [0, 0.1) is 13.8 Å². The van der Waals surface area contributed by atoms with Crippen molar-refractivity contribution in [2.24, 2.45) is 0 Å². The fourth-order valence-corrected chi connectivity index (χ4v) is 5.25. The molecule has 0 amide bonds. The van der Waals surface area contributed by atoms with E-state index in [1.165, 1.54) is 4.88 Å². The van der Waals surface area contributed by atoms with Crippen molar-refractivity contribution in [2.45, 2.75) is 39.4 Å². The van der Waals surface area contributed by atoms with Gasteiger partial charge in [-0.05, 0) is 31.7 Å². The first-order valence-electron chi connectivity index (χ1n) is 7.33. The first kappa shape index (κ1) is 15.7. The molecule has 0 saturated carbocycles. The minimum atomic E-state index is -2.90. The van der Waals surface area contributed by atoms with Crippen molar-refractivity contribution in [3.8, 4) is 0 Å². The molecule has 2 aromatic heterocycles. The molecule has 0 aliphatic carbocycles. The maximum absolute atomic E-state index is 11.8. The Kier molecular flexibility index (Phi) is 4.38. The number of nitrogens with zero attached hydrogens (tertiary/aromatic N) is 2. The molecule has 0 spiro atoms. The van der Waals surface area contributed by atoms with Crippen LogP contribution in [-0.2, 0) is 22.9 Å². The molecule has 2 aromatic rings. The van der Waals surface area contributed by atoms with Crippen LogP contribution in [0.4, 0.5) is 0 Å². The second kappa shape index (κ2) is 6.14. The van der Waals surface area contributed by atoms with Crippen LogP contribution in [0.25, 0.3) is 0 Å². The number of oxazole rings is 1. The van der Waals surface area contributed by atoms with Crippen LogP contribution in [0.3, 0.4) is 0 Å². The fourth-order valence-electron chi connectivity index (χ4n) is 2.76. The molecule has 0 unspecified atom stereocenters. The van der Waals surface area contributed by atoms with Crippen LogP contribution in [0.2, 0.25) is 0 Å². The third-order valence-electron chi connectivity index (χ3n) is 4.07. The Morgan fingerprint density at radius 2 is 2.23 bits per heavy atom. The number of aryl methyl sites for hydroxylation is 2. The predicted octanol–water partition coefficient (Wildman–Crippen LogP) is 2.54. The summed E-state index contributed by atoms with van der Waals surface area (Å²) >= 11 is 1.69. The Morgan fingerprint density at radius 1 is 1.41 bits per heavy atom. The minimum absolute atomic E-state index is 0.0413. The van der Waals surface area contributed by atoms with Gasteiger partial charge >= 0.3 is 0 Å². The van der Waals surface area contributed by atoms with Crippen molar-refractivity contribution in [3.63, 3.8) is 0 Å². The fraction of sp³-hybridized carbons (Fsp3) is 0.533. The van der Waals surface area contributed by atoms with Gasteiger partial charge in [0.25, 0.3) is 0 Å². The molecule has 5 nitrogen and oxygen atoms in total. The third-order valence-corrected chi connectivity index (χ3v) is 6.69. The SMILES string of the molecule is Cc1nc(CN(Cc2cccs2)[C@@H]2CCS(=O)(=O)C2)oc1C. The van der Waals surface area contributed by atoms with E-state index in [2.05, 4.69) is 16.0 Å². The topological polar surface area (TPSA) is 63.4 Å². The molecule has 0 radical (unpaired) electrons. The maximum Gasteiger partial charge on any atom is 0.208 e. The summed E-state index contributed by atoms with van der Waals surface area (Å²) in [7, 11) is -2.90. The van der Waals surface area contributed by atoms with E-state index in [9.17, 15) is 8.42 Å². The number of thiophene rings is 1. The molecule has 1 aliphatic heterocycles. The normalized spacial score (nSPS) is 20.8. The average Bonchev–Trinajstić information content (AvgIpc) is 3.12. The second-order valence-electron chi connectivity index (χ2n) is 5.79.